The predicted octanol–water partition coefficient (Wildman–Crippen LogP) is 27.9. The van der Waals surface area contributed by atoms with Gasteiger partial charge in [-0.25, -0.2) is 4.90 Å². The molecule has 15 rings (SSSR count). The van der Waals surface area contributed by atoms with Crippen LogP contribution in [-0.2, 0) is 26.5 Å². The van der Waals surface area contributed by atoms with Gasteiger partial charge in [0.05, 0.1) is 27.9 Å². The molecule has 0 aliphatic carbocycles. The number of para-hydroxylation sites is 1. The third-order valence-corrected chi connectivity index (χ3v) is 23.7. The van der Waals surface area contributed by atoms with Crippen molar-refractivity contribution >= 4 is 111 Å². The summed E-state index contributed by atoms with van der Waals surface area (Å²) in [6.45, 7) is 51.9. The number of amides is 4. The van der Waals surface area contributed by atoms with Crippen LogP contribution in [-0.4, -0.2) is 46.1 Å². The second-order valence-corrected chi connectivity index (χ2v) is 39.8. The molecule has 13 aromatic rings. The van der Waals surface area contributed by atoms with Gasteiger partial charge in [-0.2, -0.15) is 0 Å². The summed E-state index contributed by atoms with van der Waals surface area (Å²) < 4.78 is 29.7. The molecule has 4 amide bonds. The highest BCUT2D eigenvalue weighted by molar-refractivity contribution is 6.48. The highest BCUT2D eigenvalue weighted by atomic mass is 16.5. The Morgan fingerprint density at radius 2 is 0.635 bits per heavy atom. The van der Waals surface area contributed by atoms with Crippen LogP contribution in [0.4, 0.5) is 5.69 Å². The lowest BCUT2D eigenvalue weighted by Gasteiger charge is -2.34. The summed E-state index contributed by atoms with van der Waals surface area (Å²) in [5.74, 6) is -0.790. The fourth-order valence-corrected chi connectivity index (χ4v) is 20.1. The van der Waals surface area contributed by atoms with Crippen molar-refractivity contribution in [3.05, 3.63) is 232 Å². The molecule has 2 aliphatic heterocycles. The number of fused-ring (bicyclic) bond motifs is 4. The van der Waals surface area contributed by atoms with E-state index in [0.717, 1.165) is 91.1 Å². The number of carbonyl (C=O) groups is 5. The largest absolute Gasteiger partial charge is 0.480 e. The predicted molar refractivity (Wildman–Crippen MR) is 470 cm³/mol. The van der Waals surface area contributed by atoms with E-state index in [-0.39, 0.29) is 83.5 Å². The molecule has 12 nitrogen and oxygen atoms in total. The molecule has 0 spiro atoms. The number of rotatable bonds is 22. The van der Waals surface area contributed by atoms with Crippen molar-refractivity contribution in [1.29, 1.82) is 0 Å². The Morgan fingerprint density at radius 3 is 0.887 bits per heavy atom. The number of carboxylic acids is 1. The molecule has 2 heterocycles. The van der Waals surface area contributed by atoms with Crippen LogP contribution in [0.5, 0.6) is 46.0 Å². The maximum absolute atomic E-state index is 16.5. The molecule has 0 radical (unpaired) electrons. The SMILES string of the molecule is C=C(C)CC(C)(C)c1ccc(Oc2cc3c4c(cc(Oc5ccc(C(C)(C)CC(C)(C)C)cc5)c5c6ccc7c8c(Oc9ccc(C(C)(C)CC(C)(C)C)cc9)cc9c%10c(cc(Oc%11ccc(C(C)(C)CC(C)(C)C)cc%11)c(c%11ccc(c2c45)c6c%117)c%108)C(=O)N(CC(=O)O)C9=O)C(=O)N(c2c(C(C)C)cccc2C(C)C)C3=O)cc1. The zero-order valence-electron chi connectivity index (χ0n) is 71.0. The third kappa shape index (κ3) is 14.2. The number of carbonyl (C=O) groups excluding carboxylic acids is 4. The molecule has 590 valence electrons. The summed E-state index contributed by atoms with van der Waals surface area (Å²) in [6, 6.07) is 53.8. The first-order valence-electron chi connectivity index (χ1n) is 40.6. The lowest BCUT2D eigenvalue weighted by molar-refractivity contribution is -0.137. The van der Waals surface area contributed by atoms with E-state index in [1.807, 2.05) is 85.8 Å². The number of ether oxygens (including phenoxy) is 4. The molecule has 12 heteroatoms. The van der Waals surface area contributed by atoms with E-state index in [0.29, 0.717) is 94.0 Å². The number of benzene rings is 13. The first kappa shape index (κ1) is 79.1. The molecular formula is C103H108N2O10. The number of hydrogen-bond acceptors (Lipinski definition) is 9. The molecule has 0 unspecified atom stereocenters. The van der Waals surface area contributed by atoms with Gasteiger partial charge in [-0.15, -0.1) is 6.58 Å². The molecule has 0 fully saturated rings. The van der Waals surface area contributed by atoms with Crippen molar-refractivity contribution in [3.63, 3.8) is 0 Å². The first-order valence-corrected chi connectivity index (χ1v) is 40.6. The zero-order valence-corrected chi connectivity index (χ0v) is 71.0. The van der Waals surface area contributed by atoms with Gasteiger partial charge in [0.1, 0.15) is 52.5 Å². The summed E-state index contributed by atoms with van der Waals surface area (Å²) in [5, 5.41) is 19.1. The van der Waals surface area contributed by atoms with Crippen molar-refractivity contribution in [2.75, 3.05) is 11.4 Å². The average Bonchev–Trinajstić information content (AvgIpc) is 0.669. The average molecular weight is 1530 g/mol. The van der Waals surface area contributed by atoms with Gasteiger partial charge in [-0.1, -0.05) is 242 Å². The Hall–Kier alpha value is -11.1. The Bertz CT molecular complexity index is 6000. The number of nitrogens with zero attached hydrogens (tertiary/aromatic N) is 2. The molecule has 2 aliphatic rings. The van der Waals surface area contributed by atoms with E-state index in [1.54, 1.807) is 12.1 Å². The Morgan fingerprint density at radius 1 is 0.365 bits per heavy atom. The number of imide groups is 2. The minimum absolute atomic E-state index is 0.0276. The van der Waals surface area contributed by atoms with E-state index in [1.165, 1.54) is 4.90 Å². The van der Waals surface area contributed by atoms with Gasteiger partial charge in [-0.05, 0) is 221 Å². The van der Waals surface area contributed by atoms with Gasteiger partial charge < -0.3 is 24.1 Å². The van der Waals surface area contributed by atoms with Crippen LogP contribution >= 0.6 is 0 Å². The topological polar surface area (TPSA) is 149 Å². The zero-order chi connectivity index (χ0) is 82.8. The normalized spacial score (nSPS) is 14.1. The van der Waals surface area contributed by atoms with E-state index in [2.05, 4.69) is 225 Å². The highest BCUT2D eigenvalue weighted by Crippen LogP contribution is 2.59. The number of carboxylic acid groups (broad SMARTS) is 1. The lowest BCUT2D eigenvalue weighted by Crippen LogP contribution is -2.43. The third-order valence-electron chi connectivity index (χ3n) is 23.7. The fourth-order valence-electron chi connectivity index (χ4n) is 20.1. The van der Waals surface area contributed by atoms with E-state index >= 15 is 19.2 Å². The van der Waals surface area contributed by atoms with Gasteiger partial charge in [0.2, 0.25) is 0 Å². The molecule has 1 N–H and O–H groups in total. The van der Waals surface area contributed by atoms with Crippen LogP contribution in [0.3, 0.4) is 0 Å². The molecule has 115 heavy (non-hydrogen) atoms. The van der Waals surface area contributed by atoms with Gasteiger partial charge >= 0.3 is 5.97 Å². The van der Waals surface area contributed by atoms with Crippen LogP contribution in [0, 0.1) is 16.2 Å². The maximum atomic E-state index is 16.5. The Labute approximate surface area is 676 Å². The molecule has 0 saturated heterocycles. The molecular weight excluding hydrogens is 1430 g/mol. The van der Waals surface area contributed by atoms with E-state index < -0.39 is 36.1 Å². The summed E-state index contributed by atoms with van der Waals surface area (Å²) in [7, 11) is 0. The molecule has 0 saturated carbocycles. The standard InChI is InChI=1S/C103H108N2O10/c1-56(2)51-100(16,17)59-27-35-63(36-28-59)114-79-49-75-85-76(96(111)105(95(75)110)92-67(57(3)4)25-24-26-68(92)58(5)6)50-80(115-66-41-33-62(34-42-66)103(22,23)55-99(13,14)15)89-72-46-44-70-82-69(43-45-71(83(72)82)88(79)91(85)89)86-77(112-64-37-29-60(30-38-64)101(18,19)53-97(7,8)9)47-73-84-74(94(109)104(93(73)108)52-81(106)107)48-78(87(70)90(84)86)113-65-39-31-61(32-40-65)102(20,21)54-98(10,11)12/h24-50,57-58H,1,51-55H2,2-23H3,(H,106,107). The van der Waals surface area contributed by atoms with Gasteiger partial charge in [0.15, 0.2) is 0 Å². The second kappa shape index (κ2) is 27.8. The molecule has 13 aromatic carbocycles. The monoisotopic (exact) mass is 1530 g/mol. The summed E-state index contributed by atoms with van der Waals surface area (Å²) >= 11 is 0. The van der Waals surface area contributed by atoms with Crippen molar-refractivity contribution in [2.45, 2.75) is 212 Å². The number of anilines is 1. The van der Waals surface area contributed by atoms with Crippen LogP contribution in [0.15, 0.2) is 176 Å². The Kier molecular flexibility index (Phi) is 19.2. The minimum atomic E-state index is -1.36. The van der Waals surface area contributed by atoms with Gasteiger partial charge in [-0.3, -0.25) is 28.9 Å². The van der Waals surface area contributed by atoms with Crippen LogP contribution < -0.4 is 23.8 Å². The van der Waals surface area contributed by atoms with Gasteiger partial charge in [0, 0.05) is 43.1 Å². The van der Waals surface area contributed by atoms with E-state index in [4.69, 9.17) is 18.9 Å². The Balaban J connectivity index is 1.09. The van der Waals surface area contributed by atoms with Crippen molar-refractivity contribution in [1.82, 2.24) is 4.90 Å². The van der Waals surface area contributed by atoms with Crippen LogP contribution in [0.1, 0.15) is 265 Å². The van der Waals surface area contributed by atoms with Crippen LogP contribution in [0.2, 0.25) is 0 Å². The maximum Gasteiger partial charge on any atom is 0.323 e. The highest BCUT2D eigenvalue weighted by Gasteiger charge is 2.43. The first-order chi connectivity index (χ1) is 53.8. The molecule has 0 bridgehead atoms. The summed E-state index contributed by atoms with van der Waals surface area (Å²) in [4.78, 5) is 78.9. The fraction of sp³-hybridized carbons (Fsp3) is 0.350. The smallest absolute Gasteiger partial charge is 0.323 e. The van der Waals surface area contributed by atoms with Crippen molar-refractivity contribution in [2.24, 2.45) is 16.2 Å². The van der Waals surface area contributed by atoms with E-state index in [9.17, 15) is 9.90 Å². The molecule has 0 atom stereocenters. The quantitative estimate of drug-likeness (QED) is 0.0301. The summed E-state index contributed by atoms with van der Waals surface area (Å²) in [6.07, 6.45) is 3.50. The van der Waals surface area contributed by atoms with Crippen molar-refractivity contribution < 1.29 is 48.0 Å². The van der Waals surface area contributed by atoms with Gasteiger partial charge in [0.25, 0.3) is 23.6 Å². The lowest BCUT2D eigenvalue weighted by atomic mass is 9.72. The van der Waals surface area contributed by atoms with Crippen molar-refractivity contribution in [3.8, 4) is 46.0 Å². The molecule has 0 aromatic heterocycles. The number of allylic oxidation sites excluding steroid dienone is 1. The second-order valence-electron chi connectivity index (χ2n) is 39.8. The van der Waals surface area contributed by atoms with Crippen LogP contribution in [0.25, 0.3) is 75.4 Å². The minimum Gasteiger partial charge on any atom is -0.480 e. The summed E-state index contributed by atoms with van der Waals surface area (Å²) in [5.41, 5.74) is 7.74. The number of hydrogen-bond donors (Lipinski definition) is 1. The number of aliphatic carboxylic acids is 1.